The first-order valence-electron chi connectivity index (χ1n) is 6.61. The van der Waals surface area contributed by atoms with E-state index in [9.17, 15) is 5.26 Å². The molecule has 0 aliphatic heterocycles. The van der Waals surface area contributed by atoms with Gasteiger partial charge >= 0.3 is 0 Å². The second-order valence-corrected chi connectivity index (χ2v) is 6.49. The van der Waals surface area contributed by atoms with Crippen molar-refractivity contribution in [3.05, 3.63) is 57.6 Å². The highest BCUT2D eigenvalue weighted by Crippen LogP contribution is 2.34. The number of hydrogen-bond acceptors (Lipinski definition) is 2. The smallest absolute Gasteiger partial charge is 0.145 e. The molecular weight excluding hydrogens is 394 g/mol. The number of nitriles is 1. The van der Waals surface area contributed by atoms with Crippen LogP contribution in [-0.2, 0) is 5.33 Å². The lowest BCUT2D eigenvalue weighted by molar-refractivity contribution is 0.471. The number of halogens is 2. The summed E-state index contributed by atoms with van der Waals surface area (Å²) >= 11 is 6.88. The maximum Gasteiger partial charge on any atom is 0.145 e. The summed E-state index contributed by atoms with van der Waals surface area (Å²) in [6.45, 7) is 4.24. The zero-order valence-electron chi connectivity index (χ0n) is 11.9. The predicted molar refractivity (Wildman–Crippen MR) is 92.1 cm³/mol. The fourth-order valence-electron chi connectivity index (χ4n) is 2.02. The van der Waals surface area contributed by atoms with Gasteiger partial charge in [0.2, 0.25) is 0 Å². The van der Waals surface area contributed by atoms with Crippen LogP contribution in [0.1, 0.15) is 36.5 Å². The summed E-state index contributed by atoms with van der Waals surface area (Å²) in [5.74, 6) is 1.72. The third kappa shape index (κ3) is 3.87. The van der Waals surface area contributed by atoms with Crippen LogP contribution >= 0.6 is 31.9 Å². The van der Waals surface area contributed by atoms with Crippen molar-refractivity contribution in [3.63, 3.8) is 0 Å². The Morgan fingerprint density at radius 3 is 2.48 bits per heavy atom. The van der Waals surface area contributed by atoms with Crippen molar-refractivity contribution < 1.29 is 4.74 Å². The Hall–Kier alpha value is -1.31. The van der Waals surface area contributed by atoms with Crippen LogP contribution < -0.4 is 4.74 Å². The first-order valence-corrected chi connectivity index (χ1v) is 8.53. The maximum atomic E-state index is 9.29. The van der Waals surface area contributed by atoms with Gasteiger partial charge in [0.25, 0.3) is 0 Å². The number of alkyl halides is 1. The second kappa shape index (κ2) is 7.11. The van der Waals surface area contributed by atoms with Gasteiger partial charge in [-0.1, -0.05) is 51.8 Å². The van der Waals surface area contributed by atoms with Crippen molar-refractivity contribution in [2.24, 2.45) is 0 Å². The number of ether oxygens (including phenoxy) is 1. The molecule has 0 unspecified atom stereocenters. The summed E-state index contributed by atoms with van der Waals surface area (Å²) in [4.78, 5) is 0. The Balaban J connectivity index is 2.41. The molecule has 0 radical (unpaired) electrons. The molecule has 2 nitrogen and oxygen atoms in total. The number of hydrogen-bond donors (Lipinski definition) is 0. The van der Waals surface area contributed by atoms with Gasteiger partial charge in [0.15, 0.2) is 0 Å². The van der Waals surface area contributed by atoms with E-state index in [0.717, 1.165) is 26.7 Å². The molecule has 2 aromatic rings. The lowest BCUT2D eigenvalue weighted by Gasteiger charge is -2.15. The van der Waals surface area contributed by atoms with Crippen LogP contribution in [-0.4, -0.2) is 0 Å². The molecule has 0 aliphatic carbocycles. The fourth-order valence-corrected chi connectivity index (χ4v) is 2.75. The molecule has 2 aromatic carbocycles. The van der Waals surface area contributed by atoms with Crippen LogP contribution in [0.5, 0.6) is 11.5 Å². The molecular formula is C17H15Br2NO. The summed E-state index contributed by atoms with van der Waals surface area (Å²) in [5, 5.41) is 10.0. The van der Waals surface area contributed by atoms with E-state index in [1.807, 2.05) is 30.3 Å². The summed E-state index contributed by atoms with van der Waals surface area (Å²) in [6, 6.07) is 13.8. The number of rotatable bonds is 4. The molecule has 0 atom stereocenters. The van der Waals surface area contributed by atoms with Crippen LogP contribution in [0, 0.1) is 11.3 Å². The first kappa shape index (κ1) is 16.1. The molecule has 4 heteroatoms. The zero-order valence-corrected chi connectivity index (χ0v) is 15.0. The average molecular weight is 409 g/mol. The average Bonchev–Trinajstić information content (AvgIpc) is 2.49. The second-order valence-electron chi connectivity index (χ2n) is 5.01. The van der Waals surface area contributed by atoms with Gasteiger partial charge in [-0.2, -0.15) is 5.26 Å². The fraction of sp³-hybridized carbons (Fsp3) is 0.235. The molecule has 0 bridgehead atoms. The Morgan fingerprint density at radius 2 is 1.86 bits per heavy atom. The molecule has 0 aromatic heterocycles. The minimum absolute atomic E-state index is 0.338. The van der Waals surface area contributed by atoms with Crippen molar-refractivity contribution in [2.75, 3.05) is 0 Å². The monoisotopic (exact) mass is 407 g/mol. The standard InChI is InChI=1S/C17H15Br2NO/c1-11(2)15-8-14(19)4-6-17(15)21-16-5-3-12(9-18)7-13(16)10-20/h3-8,11H,9H2,1-2H3. The number of benzene rings is 2. The lowest BCUT2D eigenvalue weighted by Crippen LogP contribution is -1.96. The van der Waals surface area contributed by atoms with E-state index in [0.29, 0.717) is 17.2 Å². The van der Waals surface area contributed by atoms with Crippen molar-refractivity contribution in [1.82, 2.24) is 0 Å². The third-order valence-electron chi connectivity index (χ3n) is 3.13. The minimum atomic E-state index is 0.338. The van der Waals surface area contributed by atoms with E-state index in [4.69, 9.17) is 4.74 Å². The van der Waals surface area contributed by atoms with Gasteiger partial charge in [-0.25, -0.2) is 0 Å². The van der Waals surface area contributed by atoms with Gasteiger partial charge in [-0.15, -0.1) is 0 Å². The topological polar surface area (TPSA) is 33.0 Å². The molecule has 0 N–H and O–H groups in total. The summed E-state index contributed by atoms with van der Waals surface area (Å²) in [5.41, 5.74) is 2.71. The highest BCUT2D eigenvalue weighted by Gasteiger charge is 2.12. The quantitative estimate of drug-likeness (QED) is 0.570. The minimum Gasteiger partial charge on any atom is -0.456 e. The Bertz CT molecular complexity index is 690. The Morgan fingerprint density at radius 1 is 1.14 bits per heavy atom. The molecule has 21 heavy (non-hydrogen) atoms. The van der Waals surface area contributed by atoms with E-state index in [1.165, 1.54) is 0 Å². The summed E-state index contributed by atoms with van der Waals surface area (Å²) in [7, 11) is 0. The highest BCUT2D eigenvalue weighted by atomic mass is 79.9. The van der Waals surface area contributed by atoms with E-state index in [-0.39, 0.29) is 0 Å². The van der Waals surface area contributed by atoms with Gasteiger partial charge in [0.05, 0.1) is 5.56 Å². The molecule has 0 amide bonds. The SMILES string of the molecule is CC(C)c1cc(Br)ccc1Oc1ccc(CBr)cc1C#N. The third-order valence-corrected chi connectivity index (χ3v) is 4.27. The number of nitrogens with zero attached hydrogens (tertiary/aromatic N) is 1. The van der Waals surface area contributed by atoms with Gasteiger partial charge in [0, 0.05) is 9.80 Å². The molecule has 0 aliphatic rings. The van der Waals surface area contributed by atoms with Crippen LogP contribution in [0.2, 0.25) is 0 Å². The van der Waals surface area contributed by atoms with E-state index in [2.05, 4.69) is 57.8 Å². The van der Waals surface area contributed by atoms with E-state index in [1.54, 1.807) is 0 Å². The van der Waals surface area contributed by atoms with Crippen LogP contribution in [0.4, 0.5) is 0 Å². The predicted octanol–water partition coefficient (Wildman–Crippen LogP) is 6.13. The van der Waals surface area contributed by atoms with Gasteiger partial charge in [-0.3, -0.25) is 0 Å². The lowest BCUT2D eigenvalue weighted by atomic mass is 10.0. The van der Waals surface area contributed by atoms with Crippen LogP contribution in [0.3, 0.4) is 0 Å². The van der Waals surface area contributed by atoms with Crippen molar-refractivity contribution in [1.29, 1.82) is 5.26 Å². The first-order chi connectivity index (χ1) is 10.0. The van der Waals surface area contributed by atoms with Crippen LogP contribution in [0.15, 0.2) is 40.9 Å². The summed E-state index contributed by atoms with van der Waals surface area (Å²) < 4.78 is 7.01. The Kier molecular flexibility index (Phi) is 5.44. The van der Waals surface area contributed by atoms with Crippen molar-refractivity contribution in [2.45, 2.75) is 25.1 Å². The molecule has 0 saturated carbocycles. The van der Waals surface area contributed by atoms with Gasteiger partial charge < -0.3 is 4.74 Å². The molecule has 0 heterocycles. The maximum absolute atomic E-state index is 9.29. The highest BCUT2D eigenvalue weighted by molar-refractivity contribution is 9.10. The van der Waals surface area contributed by atoms with Gasteiger partial charge in [-0.05, 0) is 47.4 Å². The largest absolute Gasteiger partial charge is 0.456 e. The molecule has 0 saturated heterocycles. The van der Waals surface area contributed by atoms with Gasteiger partial charge in [0.1, 0.15) is 17.6 Å². The Labute approximate surface area is 142 Å². The molecule has 0 spiro atoms. The van der Waals surface area contributed by atoms with Crippen molar-refractivity contribution >= 4 is 31.9 Å². The molecule has 2 rings (SSSR count). The van der Waals surface area contributed by atoms with E-state index >= 15 is 0 Å². The molecule has 0 fully saturated rings. The van der Waals surface area contributed by atoms with Crippen molar-refractivity contribution in [3.8, 4) is 17.6 Å². The normalized spacial score (nSPS) is 10.5. The zero-order chi connectivity index (χ0) is 15.4. The molecule has 108 valence electrons. The summed E-state index contributed by atoms with van der Waals surface area (Å²) in [6.07, 6.45) is 0. The van der Waals surface area contributed by atoms with Crippen LogP contribution in [0.25, 0.3) is 0 Å². The van der Waals surface area contributed by atoms with E-state index < -0.39 is 0 Å².